The average molecular weight is 263 g/mol. The van der Waals surface area contributed by atoms with E-state index in [0.29, 0.717) is 5.02 Å². The number of carbonyl (C=O) groups is 1. The third kappa shape index (κ3) is 2.31. The van der Waals surface area contributed by atoms with Gasteiger partial charge in [-0.15, -0.1) is 0 Å². The van der Waals surface area contributed by atoms with Gasteiger partial charge in [0, 0.05) is 5.56 Å². The second-order valence-electron chi connectivity index (χ2n) is 4.38. The highest BCUT2D eigenvalue weighted by Crippen LogP contribution is 2.19. The van der Waals surface area contributed by atoms with Crippen molar-refractivity contribution in [1.82, 2.24) is 9.78 Å². The van der Waals surface area contributed by atoms with Gasteiger partial charge in [0.2, 0.25) is 0 Å². The number of aromatic nitrogens is 2. The van der Waals surface area contributed by atoms with Gasteiger partial charge in [-0.1, -0.05) is 35.9 Å². The zero-order valence-electron chi connectivity index (χ0n) is 10.7. The van der Waals surface area contributed by atoms with Crippen molar-refractivity contribution in [2.45, 2.75) is 27.3 Å². The van der Waals surface area contributed by atoms with Crippen LogP contribution in [0.1, 0.15) is 27.3 Å². The molecule has 2 aromatic rings. The molecule has 0 aliphatic heterocycles. The Labute approximate surface area is 111 Å². The first-order valence-corrected chi connectivity index (χ1v) is 6.17. The maximum absolute atomic E-state index is 12.2. The van der Waals surface area contributed by atoms with Crippen LogP contribution in [0.25, 0.3) is 0 Å². The van der Waals surface area contributed by atoms with Crippen LogP contribution in [-0.2, 0) is 6.54 Å². The maximum atomic E-state index is 12.2. The van der Waals surface area contributed by atoms with E-state index in [2.05, 4.69) is 5.10 Å². The summed E-state index contributed by atoms with van der Waals surface area (Å²) < 4.78 is 1.66. The molecule has 1 aromatic heterocycles. The molecule has 4 heteroatoms. The zero-order chi connectivity index (χ0) is 13.3. The molecule has 0 aliphatic rings. The van der Waals surface area contributed by atoms with Crippen molar-refractivity contribution < 1.29 is 4.79 Å². The fourth-order valence-electron chi connectivity index (χ4n) is 1.94. The molecule has 0 radical (unpaired) electrons. The van der Waals surface area contributed by atoms with Gasteiger partial charge in [-0.2, -0.15) is 5.10 Å². The largest absolute Gasteiger partial charge is 0.292 e. The Kier molecular flexibility index (Phi) is 3.53. The van der Waals surface area contributed by atoms with E-state index in [0.717, 1.165) is 22.5 Å². The Hall–Kier alpha value is -1.61. The Morgan fingerprint density at radius 3 is 2.50 bits per heavy atom. The molecule has 0 saturated carbocycles. The lowest BCUT2D eigenvalue weighted by Gasteiger charge is -2.06. The lowest BCUT2D eigenvalue weighted by Crippen LogP contribution is -2.14. The van der Waals surface area contributed by atoms with Gasteiger partial charge in [0.15, 0.2) is 5.78 Å². The maximum Gasteiger partial charge on any atom is 0.184 e. The van der Waals surface area contributed by atoms with E-state index >= 15 is 0 Å². The number of hydrogen-bond acceptors (Lipinski definition) is 2. The predicted octanol–water partition coefficient (Wildman–Crippen LogP) is 3.34. The van der Waals surface area contributed by atoms with Crippen LogP contribution in [0.4, 0.5) is 0 Å². The number of ketones is 1. The summed E-state index contributed by atoms with van der Waals surface area (Å²) in [7, 11) is 0. The highest BCUT2D eigenvalue weighted by molar-refractivity contribution is 6.31. The number of carbonyl (C=O) groups excluding carboxylic acids is 1. The Bertz CT molecular complexity index is 602. The monoisotopic (exact) mass is 262 g/mol. The van der Waals surface area contributed by atoms with Gasteiger partial charge in [0.25, 0.3) is 0 Å². The average Bonchev–Trinajstić information content (AvgIpc) is 2.57. The molecular weight excluding hydrogens is 248 g/mol. The molecule has 0 aliphatic carbocycles. The summed E-state index contributed by atoms with van der Waals surface area (Å²) >= 11 is 6.06. The minimum atomic E-state index is 0.0513. The van der Waals surface area contributed by atoms with Crippen molar-refractivity contribution >= 4 is 17.4 Å². The normalized spacial score (nSPS) is 10.7. The second-order valence-corrected chi connectivity index (χ2v) is 4.76. The van der Waals surface area contributed by atoms with Crippen LogP contribution in [0.3, 0.4) is 0 Å². The summed E-state index contributed by atoms with van der Waals surface area (Å²) in [5.41, 5.74) is 3.30. The van der Waals surface area contributed by atoms with E-state index in [4.69, 9.17) is 11.6 Å². The SMILES string of the molecule is Cc1ccccc1C(=O)Cn1nc(C)c(Cl)c1C. The summed E-state index contributed by atoms with van der Waals surface area (Å²) in [5, 5.41) is 4.90. The molecule has 1 heterocycles. The van der Waals surface area contributed by atoms with Gasteiger partial charge >= 0.3 is 0 Å². The van der Waals surface area contributed by atoms with E-state index in [1.807, 2.05) is 45.0 Å². The molecule has 0 unspecified atom stereocenters. The van der Waals surface area contributed by atoms with Crippen molar-refractivity contribution in [3.05, 3.63) is 51.8 Å². The molecule has 3 nitrogen and oxygen atoms in total. The molecule has 2 rings (SSSR count). The van der Waals surface area contributed by atoms with Crippen LogP contribution in [0.2, 0.25) is 5.02 Å². The Morgan fingerprint density at radius 2 is 1.94 bits per heavy atom. The lowest BCUT2D eigenvalue weighted by atomic mass is 10.1. The standard InChI is InChI=1S/C14H15ClN2O/c1-9-6-4-5-7-12(9)13(18)8-17-11(3)14(15)10(2)16-17/h4-7H,8H2,1-3H3. The van der Waals surface area contributed by atoms with Crippen LogP contribution in [0.5, 0.6) is 0 Å². The highest BCUT2D eigenvalue weighted by Gasteiger charge is 2.14. The Balaban J connectivity index is 2.27. The minimum absolute atomic E-state index is 0.0513. The van der Waals surface area contributed by atoms with Gasteiger partial charge < -0.3 is 0 Å². The van der Waals surface area contributed by atoms with Gasteiger partial charge in [0.1, 0.15) is 6.54 Å². The number of nitrogens with zero attached hydrogens (tertiary/aromatic N) is 2. The predicted molar refractivity (Wildman–Crippen MR) is 72.2 cm³/mol. The molecule has 18 heavy (non-hydrogen) atoms. The Morgan fingerprint density at radius 1 is 1.28 bits per heavy atom. The van der Waals surface area contributed by atoms with E-state index in [1.54, 1.807) is 4.68 Å². The third-order valence-electron chi connectivity index (χ3n) is 3.03. The van der Waals surface area contributed by atoms with Crippen molar-refractivity contribution in [3.8, 4) is 0 Å². The minimum Gasteiger partial charge on any atom is -0.292 e. The number of aryl methyl sites for hydroxylation is 2. The first-order chi connectivity index (χ1) is 8.50. The highest BCUT2D eigenvalue weighted by atomic mass is 35.5. The molecule has 94 valence electrons. The third-order valence-corrected chi connectivity index (χ3v) is 3.58. The molecule has 0 bridgehead atoms. The van der Waals surface area contributed by atoms with Gasteiger partial charge in [0.05, 0.1) is 16.4 Å². The number of hydrogen-bond donors (Lipinski definition) is 0. The number of rotatable bonds is 3. The molecule has 0 spiro atoms. The number of halogens is 1. The first kappa shape index (κ1) is 12.8. The first-order valence-electron chi connectivity index (χ1n) is 5.79. The van der Waals surface area contributed by atoms with Crippen LogP contribution in [-0.4, -0.2) is 15.6 Å². The van der Waals surface area contributed by atoms with Gasteiger partial charge in [-0.05, 0) is 26.3 Å². The quantitative estimate of drug-likeness (QED) is 0.795. The summed E-state index contributed by atoms with van der Waals surface area (Å²) in [6, 6.07) is 7.56. The molecule has 0 amide bonds. The molecule has 1 aromatic carbocycles. The fourth-order valence-corrected chi connectivity index (χ4v) is 2.07. The molecule has 0 N–H and O–H groups in total. The van der Waals surface area contributed by atoms with E-state index < -0.39 is 0 Å². The molecule has 0 saturated heterocycles. The molecule has 0 atom stereocenters. The molecular formula is C14H15ClN2O. The summed E-state index contributed by atoms with van der Waals surface area (Å²) in [4.78, 5) is 12.2. The smallest absolute Gasteiger partial charge is 0.184 e. The van der Waals surface area contributed by atoms with E-state index in [9.17, 15) is 4.79 Å². The summed E-state index contributed by atoms with van der Waals surface area (Å²) in [6.45, 7) is 5.86. The summed E-state index contributed by atoms with van der Waals surface area (Å²) in [6.07, 6.45) is 0. The topological polar surface area (TPSA) is 34.9 Å². The van der Waals surface area contributed by atoms with Crippen LogP contribution in [0.15, 0.2) is 24.3 Å². The summed E-state index contributed by atoms with van der Waals surface area (Å²) in [5.74, 6) is 0.0513. The van der Waals surface area contributed by atoms with Crippen molar-refractivity contribution in [2.24, 2.45) is 0 Å². The lowest BCUT2D eigenvalue weighted by molar-refractivity contribution is 0.0966. The van der Waals surface area contributed by atoms with Crippen LogP contribution < -0.4 is 0 Å². The van der Waals surface area contributed by atoms with Crippen molar-refractivity contribution in [1.29, 1.82) is 0 Å². The van der Waals surface area contributed by atoms with Gasteiger partial charge in [-0.3, -0.25) is 9.48 Å². The number of benzene rings is 1. The second kappa shape index (κ2) is 4.94. The van der Waals surface area contributed by atoms with E-state index in [1.165, 1.54) is 0 Å². The van der Waals surface area contributed by atoms with Crippen LogP contribution >= 0.6 is 11.6 Å². The fraction of sp³-hybridized carbons (Fsp3) is 0.286. The van der Waals surface area contributed by atoms with Crippen LogP contribution in [0, 0.1) is 20.8 Å². The van der Waals surface area contributed by atoms with Gasteiger partial charge in [-0.25, -0.2) is 0 Å². The van der Waals surface area contributed by atoms with Crippen molar-refractivity contribution in [2.75, 3.05) is 0 Å². The van der Waals surface area contributed by atoms with Crippen molar-refractivity contribution in [3.63, 3.8) is 0 Å². The molecule has 0 fully saturated rings. The zero-order valence-corrected chi connectivity index (χ0v) is 11.5. The van der Waals surface area contributed by atoms with E-state index in [-0.39, 0.29) is 12.3 Å². The number of Topliss-reactive ketones (excluding diaryl/α,β-unsaturated/α-hetero) is 1.